The molecule has 112 valence electrons. The summed E-state index contributed by atoms with van der Waals surface area (Å²) in [4.78, 5) is 17.8. The molecule has 1 aromatic heterocycles. The fraction of sp³-hybridized carbons (Fsp3) is 0.600. The highest BCUT2D eigenvalue weighted by Gasteiger charge is 2.10. The zero-order valence-electron chi connectivity index (χ0n) is 12.8. The summed E-state index contributed by atoms with van der Waals surface area (Å²) >= 11 is 0. The lowest BCUT2D eigenvalue weighted by molar-refractivity contribution is -0.119. The number of nitrogens with zero attached hydrogens (tertiary/aromatic N) is 2. The molecule has 0 saturated heterocycles. The van der Waals surface area contributed by atoms with Crippen LogP contribution >= 0.6 is 0 Å². The van der Waals surface area contributed by atoms with Crippen molar-refractivity contribution >= 4 is 11.6 Å². The number of amides is 1. The van der Waals surface area contributed by atoms with E-state index in [0.29, 0.717) is 31.1 Å². The van der Waals surface area contributed by atoms with Gasteiger partial charge in [0.2, 0.25) is 5.91 Å². The minimum Gasteiger partial charge on any atom is -0.387 e. The molecule has 0 bridgehead atoms. The fourth-order valence-electron chi connectivity index (χ4n) is 1.71. The van der Waals surface area contributed by atoms with Gasteiger partial charge in [-0.15, -0.1) is 0 Å². The van der Waals surface area contributed by atoms with Crippen molar-refractivity contribution < 1.29 is 9.90 Å². The van der Waals surface area contributed by atoms with E-state index < -0.39 is 6.10 Å². The average molecular weight is 279 g/mol. The van der Waals surface area contributed by atoms with E-state index in [2.05, 4.69) is 24.1 Å². The predicted octanol–water partition coefficient (Wildman–Crippen LogP) is 1.73. The summed E-state index contributed by atoms with van der Waals surface area (Å²) in [6.45, 7) is 7.01. The van der Waals surface area contributed by atoms with Crippen LogP contribution in [-0.4, -0.2) is 36.1 Å². The first-order valence-corrected chi connectivity index (χ1v) is 7.05. The number of rotatable bonds is 7. The normalized spacial score (nSPS) is 12.3. The minimum atomic E-state index is -0.524. The predicted molar refractivity (Wildman–Crippen MR) is 80.6 cm³/mol. The molecule has 0 unspecified atom stereocenters. The maximum Gasteiger partial charge on any atom is 0.239 e. The van der Waals surface area contributed by atoms with Crippen molar-refractivity contribution in [2.45, 2.75) is 33.3 Å². The number of carbonyl (C=O) groups is 1. The molecule has 5 heteroatoms. The molecule has 0 spiro atoms. The average Bonchev–Trinajstić information content (AvgIpc) is 2.44. The van der Waals surface area contributed by atoms with E-state index in [0.717, 1.165) is 5.69 Å². The lowest BCUT2D eigenvalue weighted by Gasteiger charge is -2.19. The van der Waals surface area contributed by atoms with E-state index >= 15 is 0 Å². The van der Waals surface area contributed by atoms with Crippen molar-refractivity contribution in [2.75, 3.05) is 25.0 Å². The monoisotopic (exact) mass is 279 g/mol. The first-order chi connectivity index (χ1) is 9.43. The van der Waals surface area contributed by atoms with Crippen molar-refractivity contribution in [2.24, 2.45) is 5.92 Å². The van der Waals surface area contributed by atoms with Gasteiger partial charge in [-0.3, -0.25) is 9.78 Å². The number of hydrogen-bond acceptors (Lipinski definition) is 4. The maximum atomic E-state index is 11.7. The quantitative estimate of drug-likeness (QED) is 0.798. The lowest BCUT2D eigenvalue weighted by atomic mass is 10.2. The van der Waals surface area contributed by atoms with Crippen LogP contribution in [0.25, 0.3) is 0 Å². The van der Waals surface area contributed by atoms with Crippen LogP contribution in [0.2, 0.25) is 0 Å². The van der Waals surface area contributed by atoms with Crippen molar-refractivity contribution in [3.8, 4) is 0 Å². The van der Waals surface area contributed by atoms with Gasteiger partial charge in [-0.05, 0) is 24.5 Å². The fourth-order valence-corrected chi connectivity index (χ4v) is 1.71. The molecule has 1 aromatic rings. The summed E-state index contributed by atoms with van der Waals surface area (Å²) in [7, 11) is 1.85. The highest BCUT2D eigenvalue weighted by molar-refractivity contribution is 5.81. The largest absolute Gasteiger partial charge is 0.387 e. The third-order valence-corrected chi connectivity index (χ3v) is 3.03. The number of aliphatic hydroxyl groups excluding tert-OH is 1. The van der Waals surface area contributed by atoms with E-state index in [9.17, 15) is 9.90 Å². The third kappa shape index (κ3) is 5.17. The summed E-state index contributed by atoms with van der Waals surface area (Å²) in [6.07, 6.45) is 1.80. The number of carbonyl (C=O) groups excluding carboxylic acids is 1. The number of likely N-dealkylation sites (N-methyl/N-ethyl adjacent to an activating group) is 1. The molecular weight excluding hydrogens is 254 g/mol. The molecule has 0 aromatic carbocycles. The van der Waals surface area contributed by atoms with Gasteiger partial charge in [0, 0.05) is 13.6 Å². The van der Waals surface area contributed by atoms with Crippen LogP contribution in [0.4, 0.5) is 5.69 Å². The number of anilines is 1. The van der Waals surface area contributed by atoms with Crippen LogP contribution < -0.4 is 10.2 Å². The Morgan fingerprint density at radius 1 is 1.45 bits per heavy atom. The molecule has 1 rings (SSSR count). The van der Waals surface area contributed by atoms with Crippen molar-refractivity contribution in [3.63, 3.8) is 0 Å². The van der Waals surface area contributed by atoms with Crippen molar-refractivity contribution in [3.05, 3.63) is 24.0 Å². The van der Waals surface area contributed by atoms with E-state index in [-0.39, 0.29) is 5.91 Å². The van der Waals surface area contributed by atoms with E-state index in [1.54, 1.807) is 12.3 Å². The van der Waals surface area contributed by atoms with E-state index in [4.69, 9.17) is 0 Å². The second-order valence-corrected chi connectivity index (χ2v) is 5.42. The van der Waals surface area contributed by atoms with Gasteiger partial charge in [-0.25, -0.2) is 0 Å². The first kappa shape index (κ1) is 16.4. The Labute approximate surface area is 121 Å². The van der Waals surface area contributed by atoms with Gasteiger partial charge in [-0.2, -0.15) is 0 Å². The Bertz CT molecular complexity index is 418. The highest BCUT2D eigenvalue weighted by Crippen LogP contribution is 2.17. The molecule has 0 fully saturated rings. The molecule has 0 saturated carbocycles. The molecule has 0 aliphatic carbocycles. The third-order valence-electron chi connectivity index (χ3n) is 3.03. The lowest BCUT2D eigenvalue weighted by Crippen LogP contribution is -2.36. The van der Waals surface area contributed by atoms with Gasteiger partial charge in [0.25, 0.3) is 0 Å². The van der Waals surface area contributed by atoms with E-state index in [1.165, 1.54) is 0 Å². The number of pyridine rings is 1. The zero-order valence-corrected chi connectivity index (χ0v) is 12.8. The van der Waals surface area contributed by atoms with Gasteiger partial charge < -0.3 is 15.3 Å². The summed E-state index contributed by atoms with van der Waals surface area (Å²) in [5.41, 5.74) is 1.52. The first-order valence-electron chi connectivity index (χ1n) is 7.05. The SMILES string of the molecule is CC[C@H](O)c1ccc(N(C)CC(=O)NCC(C)C)cn1. The van der Waals surface area contributed by atoms with Crippen molar-refractivity contribution in [1.82, 2.24) is 10.3 Å². The summed E-state index contributed by atoms with van der Waals surface area (Å²) in [5.74, 6) is 0.444. The van der Waals surface area contributed by atoms with Crippen LogP contribution in [0.5, 0.6) is 0 Å². The molecule has 1 amide bonds. The van der Waals surface area contributed by atoms with Gasteiger partial charge in [0.05, 0.1) is 30.2 Å². The van der Waals surface area contributed by atoms with Gasteiger partial charge in [0.15, 0.2) is 0 Å². The van der Waals surface area contributed by atoms with Crippen LogP contribution in [0, 0.1) is 5.92 Å². The Balaban J connectivity index is 2.55. The summed E-state index contributed by atoms with van der Waals surface area (Å²) < 4.78 is 0. The maximum absolute atomic E-state index is 11.7. The molecular formula is C15H25N3O2. The van der Waals surface area contributed by atoms with Crippen LogP contribution in [0.15, 0.2) is 18.3 Å². The highest BCUT2D eigenvalue weighted by atomic mass is 16.3. The number of hydrogen-bond donors (Lipinski definition) is 2. The van der Waals surface area contributed by atoms with E-state index in [1.807, 2.05) is 24.9 Å². The number of nitrogens with one attached hydrogen (secondary N) is 1. The molecule has 2 N–H and O–H groups in total. The van der Waals surface area contributed by atoms with Gasteiger partial charge in [-0.1, -0.05) is 20.8 Å². The van der Waals surface area contributed by atoms with Gasteiger partial charge >= 0.3 is 0 Å². The smallest absolute Gasteiger partial charge is 0.239 e. The minimum absolute atomic E-state index is 0.00105. The number of aromatic nitrogens is 1. The topological polar surface area (TPSA) is 65.5 Å². The van der Waals surface area contributed by atoms with Gasteiger partial charge in [0.1, 0.15) is 0 Å². The Morgan fingerprint density at radius 2 is 2.15 bits per heavy atom. The summed E-state index contributed by atoms with van der Waals surface area (Å²) in [5, 5.41) is 12.6. The Morgan fingerprint density at radius 3 is 2.65 bits per heavy atom. The molecule has 5 nitrogen and oxygen atoms in total. The molecule has 1 heterocycles. The summed E-state index contributed by atoms with van der Waals surface area (Å²) in [6, 6.07) is 3.67. The Hall–Kier alpha value is -1.62. The number of aliphatic hydroxyl groups is 1. The van der Waals surface area contributed by atoms with Crippen LogP contribution in [0.1, 0.15) is 39.0 Å². The zero-order chi connectivity index (χ0) is 15.1. The van der Waals surface area contributed by atoms with Crippen molar-refractivity contribution in [1.29, 1.82) is 0 Å². The molecule has 0 aliphatic heterocycles. The molecule has 1 atom stereocenters. The van der Waals surface area contributed by atoms with Crippen LogP contribution in [-0.2, 0) is 4.79 Å². The molecule has 20 heavy (non-hydrogen) atoms. The Kier molecular flexibility index (Phi) is 6.45. The molecule has 0 aliphatic rings. The molecule has 0 radical (unpaired) electrons. The second kappa shape index (κ2) is 7.85. The standard InChI is InChI=1S/C15H25N3O2/c1-5-14(19)13-7-6-12(9-16-13)18(4)10-15(20)17-8-11(2)3/h6-7,9,11,14,19H,5,8,10H2,1-4H3,(H,17,20)/t14-/m0/s1. The second-order valence-electron chi connectivity index (χ2n) is 5.42. The van der Waals surface area contributed by atoms with Crippen LogP contribution in [0.3, 0.4) is 0 Å².